The maximum Gasteiger partial charge on any atom is 0.123 e. The Bertz CT molecular complexity index is 299. The van der Waals surface area contributed by atoms with Crippen molar-refractivity contribution in [2.24, 2.45) is 5.73 Å². The highest BCUT2D eigenvalue weighted by Crippen LogP contribution is 2.17. The van der Waals surface area contributed by atoms with Gasteiger partial charge >= 0.3 is 0 Å². The quantitative estimate of drug-likeness (QED) is 0.633. The van der Waals surface area contributed by atoms with Gasteiger partial charge in [-0.05, 0) is 24.3 Å². The van der Waals surface area contributed by atoms with Gasteiger partial charge in [-0.15, -0.1) is 0 Å². The Labute approximate surface area is 83.4 Å². The molecule has 0 amide bonds. The number of rotatable bonds is 1. The van der Waals surface area contributed by atoms with Crippen LogP contribution in [0.1, 0.15) is 0 Å². The van der Waals surface area contributed by atoms with Gasteiger partial charge in [-0.1, -0.05) is 0 Å². The zero-order chi connectivity index (χ0) is 9.97. The first-order valence-corrected chi connectivity index (χ1v) is 4.73. The second-order valence-corrected chi connectivity index (χ2v) is 3.45. The minimum Gasteiger partial charge on any atom is -0.399 e. The predicted octanol–water partition coefficient (Wildman–Crippen LogP) is 0.390. The van der Waals surface area contributed by atoms with Crippen LogP contribution in [0.2, 0.25) is 0 Å². The SMILES string of the molecule is Nc1ccc(N2CCOC(N)C2)cc1. The average Bonchev–Trinajstić information content (AvgIpc) is 2.19. The summed E-state index contributed by atoms with van der Waals surface area (Å²) >= 11 is 0. The van der Waals surface area contributed by atoms with Gasteiger partial charge in [0.15, 0.2) is 0 Å². The van der Waals surface area contributed by atoms with Crippen LogP contribution in [0.4, 0.5) is 11.4 Å². The van der Waals surface area contributed by atoms with E-state index in [1.807, 2.05) is 24.3 Å². The van der Waals surface area contributed by atoms with Gasteiger partial charge in [0, 0.05) is 17.9 Å². The highest BCUT2D eigenvalue weighted by Gasteiger charge is 2.16. The van der Waals surface area contributed by atoms with E-state index < -0.39 is 0 Å². The highest BCUT2D eigenvalue weighted by atomic mass is 16.5. The van der Waals surface area contributed by atoms with Crippen LogP contribution >= 0.6 is 0 Å². The van der Waals surface area contributed by atoms with E-state index in [-0.39, 0.29) is 6.23 Å². The maximum absolute atomic E-state index is 5.70. The molecule has 4 heteroatoms. The standard InChI is InChI=1S/C10H15N3O/c11-8-1-3-9(4-2-8)13-5-6-14-10(12)7-13/h1-4,10H,5-7,11-12H2. The van der Waals surface area contributed by atoms with E-state index >= 15 is 0 Å². The smallest absolute Gasteiger partial charge is 0.123 e. The number of benzene rings is 1. The fourth-order valence-corrected chi connectivity index (χ4v) is 1.60. The second-order valence-electron chi connectivity index (χ2n) is 3.45. The van der Waals surface area contributed by atoms with Gasteiger partial charge in [0.25, 0.3) is 0 Å². The lowest BCUT2D eigenvalue weighted by molar-refractivity contribution is 0.0451. The molecule has 76 valence electrons. The van der Waals surface area contributed by atoms with Crippen LogP contribution in [-0.2, 0) is 4.74 Å². The molecular formula is C10H15N3O. The van der Waals surface area contributed by atoms with E-state index in [0.29, 0.717) is 6.61 Å². The number of ether oxygens (including phenoxy) is 1. The summed E-state index contributed by atoms with van der Waals surface area (Å²) in [5.74, 6) is 0. The molecule has 4 nitrogen and oxygen atoms in total. The van der Waals surface area contributed by atoms with E-state index in [2.05, 4.69) is 4.90 Å². The van der Waals surface area contributed by atoms with Crippen LogP contribution < -0.4 is 16.4 Å². The fraction of sp³-hybridized carbons (Fsp3) is 0.400. The Morgan fingerprint density at radius 1 is 1.29 bits per heavy atom. The third kappa shape index (κ3) is 1.97. The summed E-state index contributed by atoms with van der Waals surface area (Å²) in [4.78, 5) is 2.20. The molecule has 1 aliphatic heterocycles. The first-order valence-electron chi connectivity index (χ1n) is 4.73. The summed E-state index contributed by atoms with van der Waals surface area (Å²) in [5, 5.41) is 0. The van der Waals surface area contributed by atoms with Crippen LogP contribution in [-0.4, -0.2) is 25.9 Å². The van der Waals surface area contributed by atoms with Gasteiger partial charge in [0.1, 0.15) is 6.23 Å². The number of anilines is 2. The number of hydrogen-bond acceptors (Lipinski definition) is 4. The van der Waals surface area contributed by atoms with Crippen molar-refractivity contribution in [1.29, 1.82) is 0 Å². The molecular weight excluding hydrogens is 178 g/mol. The van der Waals surface area contributed by atoms with Gasteiger partial charge in [-0.3, -0.25) is 0 Å². The number of nitrogens with two attached hydrogens (primary N) is 2. The minimum absolute atomic E-state index is 0.179. The maximum atomic E-state index is 5.70. The molecule has 2 rings (SSSR count). The summed E-state index contributed by atoms with van der Waals surface area (Å²) < 4.78 is 5.26. The van der Waals surface area contributed by atoms with Gasteiger partial charge in [-0.25, -0.2) is 0 Å². The van der Waals surface area contributed by atoms with Crippen LogP contribution in [0.5, 0.6) is 0 Å². The molecule has 4 N–H and O–H groups in total. The van der Waals surface area contributed by atoms with Gasteiger partial charge in [-0.2, -0.15) is 0 Å². The molecule has 0 aliphatic carbocycles. The van der Waals surface area contributed by atoms with Crippen molar-refractivity contribution in [3.8, 4) is 0 Å². The Balaban J connectivity index is 2.10. The van der Waals surface area contributed by atoms with E-state index in [1.165, 1.54) is 0 Å². The molecule has 1 aliphatic rings. The normalized spacial score (nSPS) is 22.4. The Kier molecular flexibility index (Phi) is 2.56. The zero-order valence-corrected chi connectivity index (χ0v) is 8.02. The van der Waals surface area contributed by atoms with Crippen molar-refractivity contribution in [3.05, 3.63) is 24.3 Å². The van der Waals surface area contributed by atoms with E-state index in [0.717, 1.165) is 24.5 Å². The first kappa shape index (κ1) is 9.30. The average molecular weight is 193 g/mol. The largest absolute Gasteiger partial charge is 0.399 e. The molecule has 1 aromatic carbocycles. The topological polar surface area (TPSA) is 64.5 Å². The van der Waals surface area contributed by atoms with Gasteiger partial charge in [0.05, 0.1) is 13.2 Å². The highest BCUT2D eigenvalue weighted by molar-refractivity contribution is 5.53. The minimum atomic E-state index is -0.179. The third-order valence-corrected chi connectivity index (χ3v) is 2.35. The Hall–Kier alpha value is -1.26. The predicted molar refractivity (Wildman–Crippen MR) is 57.0 cm³/mol. The molecule has 0 radical (unpaired) electrons. The van der Waals surface area contributed by atoms with Crippen molar-refractivity contribution < 1.29 is 4.74 Å². The van der Waals surface area contributed by atoms with Gasteiger partial charge in [0.2, 0.25) is 0 Å². The molecule has 0 bridgehead atoms. The Morgan fingerprint density at radius 2 is 2.00 bits per heavy atom. The molecule has 1 saturated heterocycles. The van der Waals surface area contributed by atoms with Gasteiger partial charge < -0.3 is 21.1 Å². The van der Waals surface area contributed by atoms with E-state index in [9.17, 15) is 0 Å². The van der Waals surface area contributed by atoms with Crippen molar-refractivity contribution >= 4 is 11.4 Å². The van der Waals surface area contributed by atoms with E-state index in [4.69, 9.17) is 16.2 Å². The number of nitrogens with zero attached hydrogens (tertiary/aromatic N) is 1. The second kappa shape index (κ2) is 3.86. The molecule has 1 aromatic rings. The molecule has 1 atom stereocenters. The number of morpholine rings is 1. The Morgan fingerprint density at radius 3 is 2.64 bits per heavy atom. The van der Waals surface area contributed by atoms with Crippen molar-refractivity contribution in [3.63, 3.8) is 0 Å². The lowest BCUT2D eigenvalue weighted by Gasteiger charge is -2.32. The molecule has 0 saturated carbocycles. The van der Waals surface area contributed by atoms with E-state index in [1.54, 1.807) is 0 Å². The molecule has 1 unspecified atom stereocenters. The van der Waals surface area contributed by atoms with Crippen molar-refractivity contribution in [2.45, 2.75) is 6.23 Å². The molecule has 0 aromatic heterocycles. The summed E-state index contributed by atoms with van der Waals surface area (Å²) in [6.07, 6.45) is -0.179. The number of nitrogen functional groups attached to an aromatic ring is 1. The van der Waals surface area contributed by atoms with Crippen LogP contribution in [0.15, 0.2) is 24.3 Å². The monoisotopic (exact) mass is 193 g/mol. The summed E-state index contributed by atoms with van der Waals surface area (Å²) in [7, 11) is 0. The van der Waals surface area contributed by atoms with Crippen molar-refractivity contribution in [2.75, 3.05) is 30.3 Å². The van der Waals surface area contributed by atoms with Crippen molar-refractivity contribution in [1.82, 2.24) is 0 Å². The number of hydrogen-bond donors (Lipinski definition) is 2. The summed E-state index contributed by atoms with van der Waals surface area (Å²) in [6.45, 7) is 2.31. The lowest BCUT2D eigenvalue weighted by atomic mass is 10.2. The van der Waals surface area contributed by atoms with Crippen LogP contribution in [0, 0.1) is 0 Å². The fourth-order valence-electron chi connectivity index (χ4n) is 1.60. The van der Waals surface area contributed by atoms with Crippen LogP contribution in [0.25, 0.3) is 0 Å². The molecule has 1 heterocycles. The van der Waals surface area contributed by atoms with Crippen LogP contribution in [0.3, 0.4) is 0 Å². The molecule has 0 spiro atoms. The first-order chi connectivity index (χ1) is 6.75. The lowest BCUT2D eigenvalue weighted by Crippen LogP contribution is -2.46. The summed E-state index contributed by atoms with van der Waals surface area (Å²) in [5.41, 5.74) is 13.3. The zero-order valence-electron chi connectivity index (χ0n) is 8.02. The molecule has 1 fully saturated rings. The molecule has 14 heavy (non-hydrogen) atoms. The summed E-state index contributed by atoms with van der Waals surface area (Å²) in [6, 6.07) is 7.81. The third-order valence-electron chi connectivity index (χ3n) is 2.35.